The van der Waals surface area contributed by atoms with E-state index in [0.717, 1.165) is 28.3 Å². The molecule has 166 valence electrons. The molecule has 0 unspecified atom stereocenters. The molecule has 0 aliphatic carbocycles. The minimum Gasteiger partial charge on any atom is -0.351 e. The lowest BCUT2D eigenvalue weighted by Gasteiger charge is -2.28. The van der Waals surface area contributed by atoms with Crippen molar-refractivity contribution in [2.45, 2.75) is 25.9 Å². The van der Waals surface area contributed by atoms with Crippen molar-refractivity contribution in [3.8, 4) is 5.69 Å². The molecule has 7 heteroatoms. The van der Waals surface area contributed by atoms with Gasteiger partial charge in [0.15, 0.2) is 5.11 Å². The summed E-state index contributed by atoms with van der Waals surface area (Å²) in [4.78, 5) is 6.56. The van der Waals surface area contributed by atoms with Crippen molar-refractivity contribution >= 4 is 23.0 Å². The van der Waals surface area contributed by atoms with E-state index in [0.29, 0.717) is 10.8 Å². The van der Waals surface area contributed by atoms with Crippen LogP contribution in [-0.4, -0.2) is 14.7 Å². The molecule has 0 bridgehead atoms. The summed E-state index contributed by atoms with van der Waals surface area (Å²) in [5.41, 5.74) is 4.91. The Bertz CT molecular complexity index is 1320. The SMILES string of the molecule is Cc1cc([C@H]2[C@H](c3ccccn3)NC(=S)N2c2ccc(F)cc2)c(C)n1-c1ccccc1F. The second-order valence-corrected chi connectivity index (χ2v) is 8.47. The summed E-state index contributed by atoms with van der Waals surface area (Å²) < 4.78 is 30.3. The van der Waals surface area contributed by atoms with Crippen molar-refractivity contribution in [3.63, 3.8) is 0 Å². The molecule has 1 aliphatic heterocycles. The maximum Gasteiger partial charge on any atom is 0.174 e. The average Bonchev–Trinajstić information content (AvgIpc) is 3.31. The third-order valence-electron chi connectivity index (χ3n) is 6.09. The van der Waals surface area contributed by atoms with Crippen LogP contribution in [0.25, 0.3) is 5.69 Å². The molecule has 4 aromatic rings. The van der Waals surface area contributed by atoms with Gasteiger partial charge in [0.25, 0.3) is 0 Å². The Morgan fingerprint density at radius 2 is 1.67 bits per heavy atom. The van der Waals surface area contributed by atoms with Crippen LogP contribution in [0.3, 0.4) is 0 Å². The second kappa shape index (κ2) is 8.41. The van der Waals surface area contributed by atoms with Gasteiger partial charge in [0.2, 0.25) is 0 Å². The number of thiocarbonyl (C=S) groups is 1. The molecule has 4 nitrogen and oxygen atoms in total. The van der Waals surface area contributed by atoms with Gasteiger partial charge < -0.3 is 14.8 Å². The molecule has 5 rings (SSSR count). The summed E-state index contributed by atoms with van der Waals surface area (Å²) in [6, 6.07) is 20.3. The van der Waals surface area contributed by atoms with Crippen LogP contribution in [0.4, 0.5) is 14.5 Å². The fourth-order valence-corrected chi connectivity index (χ4v) is 4.99. The van der Waals surface area contributed by atoms with Crippen molar-refractivity contribution in [1.29, 1.82) is 0 Å². The fourth-order valence-electron chi connectivity index (χ4n) is 4.64. The molecule has 1 N–H and O–H groups in total. The monoisotopic (exact) mass is 460 g/mol. The first-order valence-electron chi connectivity index (χ1n) is 10.7. The first kappa shape index (κ1) is 21.3. The highest BCUT2D eigenvalue weighted by atomic mass is 32.1. The van der Waals surface area contributed by atoms with E-state index in [1.165, 1.54) is 18.2 Å². The molecular formula is C26H22F2N4S. The van der Waals surface area contributed by atoms with Crippen LogP contribution in [-0.2, 0) is 0 Å². The van der Waals surface area contributed by atoms with Crippen molar-refractivity contribution in [2.24, 2.45) is 0 Å². The largest absolute Gasteiger partial charge is 0.351 e. The topological polar surface area (TPSA) is 33.1 Å². The van der Waals surface area contributed by atoms with E-state index in [1.807, 2.05) is 47.6 Å². The van der Waals surface area contributed by atoms with Crippen LogP contribution in [0.15, 0.2) is 79.0 Å². The van der Waals surface area contributed by atoms with Gasteiger partial charge in [0.05, 0.1) is 23.5 Å². The Balaban J connectivity index is 1.69. The predicted octanol–water partition coefficient (Wildman–Crippen LogP) is 5.94. The summed E-state index contributed by atoms with van der Waals surface area (Å²) >= 11 is 5.73. The van der Waals surface area contributed by atoms with Crippen molar-refractivity contribution in [3.05, 3.63) is 113 Å². The van der Waals surface area contributed by atoms with Crippen LogP contribution in [0.5, 0.6) is 0 Å². The zero-order chi connectivity index (χ0) is 23.1. The lowest BCUT2D eigenvalue weighted by Crippen LogP contribution is -2.29. The molecule has 2 aromatic carbocycles. The van der Waals surface area contributed by atoms with Gasteiger partial charge in [0, 0.05) is 23.3 Å². The van der Waals surface area contributed by atoms with E-state index < -0.39 is 0 Å². The average molecular weight is 461 g/mol. The van der Waals surface area contributed by atoms with Gasteiger partial charge in [-0.05, 0) is 86.2 Å². The Hall–Kier alpha value is -3.58. The lowest BCUT2D eigenvalue weighted by atomic mass is 9.96. The standard InChI is InChI=1S/C26H22F2N4S/c1-16-15-20(17(2)31(16)23-9-4-3-7-21(23)28)25-24(22-8-5-6-14-29-22)30-26(33)32(25)19-12-10-18(27)11-13-19/h3-15,24-25H,1-2H3,(H,30,33)/t24-,25-/m0/s1. The van der Waals surface area contributed by atoms with Gasteiger partial charge >= 0.3 is 0 Å². The van der Waals surface area contributed by atoms with E-state index in [2.05, 4.69) is 16.4 Å². The first-order chi connectivity index (χ1) is 16.0. The number of benzene rings is 2. The molecule has 2 atom stereocenters. The number of pyridine rings is 1. The smallest absolute Gasteiger partial charge is 0.174 e. The number of nitrogens with one attached hydrogen (secondary N) is 1. The van der Waals surface area contributed by atoms with Crippen LogP contribution < -0.4 is 10.2 Å². The number of hydrogen-bond acceptors (Lipinski definition) is 2. The fraction of sp³-hybridized carbons (Fsp3) is 0.154. The summed E-state index contributed by atoms with van der Waals surface area (Å²) in [5.74, 6) is -0.602. The predicted molar refractivity (Wildman–Crippen MR) is 130 cm³/mol. The van der Waals surface area contributed by atoms with Crippen molar-refractivity contribution in [2.75, 3.05) is 4.90 Å². The van der Waals surface area contributed by atoms with Gasteiger partial charge in [-0.25, -0.2) is 8.78 Å². The number of halogens is 2. The number of nitrogens with zero attached hydrogens (tertiary/aromatic N) is 3. The van der Waals surface area contributed by atoms with E-state index in [1.54, 1.807) is 30.5 Å². The number of anilines is 1. The highest BCUT2D eigenvalue weighted by Gasteiger charge is 2.42. The molecule has 2 aromatic heterocycles. The summed E-state index contributed by atoms with van der Waals surface area (Å²) in [5, 5.41) is 3.93. The van der Waals surface area contributed by atoms with Crippen LogP contribution in [0, 0.1) is 25.5 Å². The minimum absolute atomic E-state index is 0.238. The molecular weight excluding hydrogens is 438 g/mol. The van der Waals surface area contributed by atoms with E-state index in [-0.39, 0.29) is 23.7 Å². The minimum atomic E-state index is -0.313. The van der Waals surface area contributed by atoms with E-state index in [4.69, 9.17) is 12.2 Å². The molecule has 0 amide bonds. The quantitative estimate of drug-likeness (QED) is 0.382. The Morgan fingerprint density at radius 1 is 0.939 bits per heavy atom. The van der Waals surface area contributed by atoms with Gasteiger partial charge in [-0.2, -0.15) is 0 Å². The number of rotatable bonds is 4. The normalized spacial score (nSPS) is 17.9. The number of aryl methyl sites for hydroxylation is 1. The maximum absolute atomic E-state index is 14.7. The second-order valence-electron chi connectivity index (χ2n) is 8.09. The Labute approximate surface area is 196 Å². The van der Waals surface area contributed by atoms with Crippen LogP contribution >= 0.6 is 12.2 Å². The molecule has 0 spiro atoms. The van der Waals surface area contributed by atoms with Crippen molar-refractivity contribution in [1.82, 2.24) is 14.9 Å². The van der Waals surface area contributed by atoms with Crippen LogP contribution in [0.1, 0.15) is 34.7 Å². The Morgan fingerprint density at radius 3 is 2.36 bits per heavy atom. The first-order valence-corrected chi connectivity index (χ1v) is 11.1. The Kier molecular flexibility index (Phi) is 5.42. The molecule has 3 heterocycles. The van der Waals surface area contributed by atoms with E-state index in [9.17, 15) is 8.78 Å². The number of hydrogen-bond donors (Lipinski definition) is 1. The molecule has 0 saturated carbocycles. The van der Waals surface area contributed by atoms with Gasteiger partial charge in [0.1, 0.15) is 11.6 Å². The summed E-state index contributed by atoms with van der Waals surface area (Å²) in [7, 11) is 0. The van der Waals surface area contributed by atoms with Crippen molar-refractivity contribution < 1.29 is 8.78 Å². The maximum atomic E-state index is 14.7. The molecule has 1 saturated heterocycles. The molecule has 1 fully saturated rings. The van der Waals surface area contributed by atoms with Crippen LogP contribution in [0.2, 0.25) is 0 Å². The molecule has 0 radical (unpaired) electrons. The van der Waals surface area contributed by atoms with Gasteiger partial charge in [-0.15, -0.1) is 0 Å². The number of para-hydroxylation sites is 1. The summed E-state index contributed by atoms with van der Waals surface area (Å²) in [6.07, 6.45) is 1.75. The third kappa shape index (κ3) is 3.68. The zero-order valence-electron chi connectivity index (χ0n) is 18.2. The highest BCUT2D eigenvalue weighted by Crippen LogP contribution is 2.43. The van der Waals surface area contributed by atoms with E-state index >= 15 is 0 Å². The molecule has 1 aliphatic rings. The third-order valence-corrected chi connectivity index (χ3v) is 6.40. The summed E-state index contributed by atoms with van der Waals surface area (Å²) in [6.45, 7) is 3.94. The highest BCUT2D eigenvalue weighted by molar-refractivity contribution is 7.80. The lowest BCUT2D eigenvalue weighted by molar-refractivity contribution is 0.564. The van der Waals surface area contributed by atoms with Gasteiger partial charge in [-0.3, -0.25) is 4.98 Å². The zero-order valence-corrected chi connectivity index (χ0v) is 19.0. The number of aromatic nitrogens is 2. The van der Waals surface area contributed by atoms with Gasteiger partial charge in [-0.1, -0.05) is 18.2 Å². The molecule has 33 heavy (non-hydrogen) atoms.